The third-order valence-corrected chi connectivity index (χ3v) is 10.0. The summed E-state index contributed by atoms with van der Waals surface area (Å²) in [7, 11) is 0. The number of carbonyl (C=O) groups excluding carboxylic acids is 3. The molecular formula is C38H50N4O9. The standard InChI is InChI=1S/C30H42N4O.2C4H4O4/c1-23(21-32-19-15-30(16-20-32,28(31)35)33-17-9-4-10-18-33)22-34-26-13-7-5-11-24(26)29(2,3)25-12-6-8-14-27(25)34;2*5-3(6)1-2-4(7)8/h5-8,11-14,23H,4,9-10,15-22H2,1-3H3,(H2,31,35);2*1-2H,(H,5,6)(H,7,8)/b;2*2-1-. The Hall–Kier alpha value is -5.01. The van der Waals surface area contributed by atoms with Crippen molar-refractivity contribution in [3.8, 4) is 0 Å². The Morgan fingerprint density at radius 1 is 0.784 bits per heavy atom. The lowest BCUT2D eigenvalue weighted by Gasteiger charge is -2.45. The maximum atomic E-state index is 12.6. The van der Waals surface area contributed by atoms with Crippen molar-refractivity contribution in [1.82, 2.24) is 0 Å². The molecule has 51 heavy (non-hydrogen) atoms. The molecule has 1 unspecified atom stereocenters. The second-order valence-electron chi connectivity index (χ2n) is 13.9. The monoisotopic (exact) mass is 706 g/mol. The number of primary amides is 1. The second-order valence-corrected chi connectivity index (χ2v) is 13.9. The molecule has 13 heteroatoms. The highest BCUT2D eigenvalue weighted by molar-refractivity contribution is 5.89. The molecule has 2 aromatic carbocycles. The Kier molecular flexibility index (Phi) is 14.5. The van der Waals surface area contributed by atoms with Crippen LogP contribution in [-0.2, 0) is 29.4 Å². The summed E-state index contributed by atoms with van der Waals surface area (Å²) in [6.45, 7) is 13.5. The van der Waals surface area contributed by atoms with E-state index in [1.807, 2.05) is 0 Å². The minimum absolute atomic E-state index is 0.0000774. The molecule has 0 spiro atoms. The lowest BCUT2D eigenvalue weighted by molar-refractivity contribution is -0.974. The number of carbonyl (C=O) groups is 5. The fourth-order valence-electron chi connectivity index (χ4n) is 7.56. The summed E-state index contributed by atoms with van der Waals surface area (Å²) in [6, 6.07) is 17.8. The molecule has 6 N–H and O–H groups in total. The van der Waals surface area contributed by atoms with E-state index in [-0.39, 0.29) is 16.9 Å². The van der Waals surface area contributed by atoms with Gasteiger partial charge in [-0.2, -0.15) is 0 Å². The van der Waals surface area contributed by atoms with Crippen molar-refractivity contribution < 1.29 is 54.2 Å². The summed E-state index contributed by atoms with van der Waals surface area (Å²) in [5.41, 5.74) is 11.2. The van der Waals surface area contributed by atoms with Crippen molar-refractivity contribution in [3.05, 3.63) is 84.0 Å². The van der Waals surface area contributed by atoms with Gasteiger partial charge in [0.1, 0.15) is 0 Å². The van der Waals surface area contributed by atoms with E-state index in [4.69, 9.17) is 15.9 Å². The first-order valence-electron chi connectivity index (χ1n) is 17.3. The SMILES string of the molecule is CC(CN1c2ccccc2C(C)(C)c2ccccc21)C[NH+]1CCC(C(N)=O)([NH+]2CCCCC2)CC1.O=C([O-])/C=C\C(=O)O.O=C([O-])/C=C\C(=O)O. The molecular weight excluding hydrogens is 656 g/mol. The summed E-state index contributed by atoms with van der Waals surface area (Å²) in [4.78, 5) is 56.2. The van der Waals surface area contributed by atoms with Crippen LogP contribution in [0.4, 0.5) is 11.4 Å². The minimum atomic E-state index is -1.51. The molecule has 3 aliphatic rings. The number of piperidine rings is 2. The van der Waals surface area contributed by atoms with Crippen LogP contribution in [0.3, 0.4) is 0 Å². The highest BCUT2D eigenvalue weighted by atomic mass is 16.4. The largest absolute Gasteiger partial charge is 0.545 e. The summed E-state index contributed by atoms with van der Waals surface area (Å²) >= 11 is 0. The third kappa shape index (κ3) is 11.0. The Labute approximate surface area is 298 Å². The van der Waals surface area contributed by atoms with Crippen molar-refractivity contribution in [2.45, 2.75) is 63.8 Å². The summed E-state index contributed by atoms with van der Waals surface area (Å²) in [5, 5.41) is 34.5. The highest BCUT2D eigenvalue weighted by Gasteiger charge is 2.50. The van der Waals surface area contributed by atoms with Crippen LogP contribution in [0.25, 0.3) is 0 Å². The summed E-state index contributed by atoms with van der Waals surface area (Å²) in [6.07, 6.45) is 7.51. The summed E-state index contributed by atoms with van der Waals surface area (Å²) in [5.74, 6) is -5.13. The van der Waals surface area contributed by atoms with Crippen molar-refractivity contribution in [1.29, 1.82) is 0 Å². The number of fused-ring (bicyclic) bond motifs is 2. The van der Waals surface area contributed by atoms with E-state index < -0.39 is 23.9 Å². The molecule has 0 saturated carbocycles. The van der Waals surface area contributed by atoms with Gasteiger partial charge in [0.2, 0.25) is 0 Å². The van der Waals surface area contributed by atoms with Crippen molar-refractivity contribution >= 4 is 41.2 Å². The zero-order valence-corrected chi connectivity index (χ0v) is 29.6. The molecule has 2 fully saturated rings. The number of para-hydroxylation sites is 2. The number of nitrogens with two attached hydrogens (primary N) is 1. The first kappa shape index (κ1) is 40.4. The second kappa shape index (κ2) is 18.3. The topological polar surface area (TPSA) is 210 Å². The number of nitrogens with zero attached hydrogens (tertiary/aromatic N) is 1. The minimum Gasteiger partial charge on any atom is -0.545 e. The van der Waals surface area contributed by atoms with Crippen molar-refractivity contribution in [3.63, 3.8) is 0 Å². The fourth-order valence-corrected chi connectivity index (χ4v) is 7.56. The van der Waals surface area contributed by atoms with E-state index in [0.29, 0.717) is 30.2 Å². The van der Waals surface area contributed by atoms with Crippen LogP contribution < -0.4 is 30.6 Å². The van der Waals surface area contributed by atoms with Gasteiger partial charge in [-0.3, -0.25) is 4.79 Å². The normalized spacial score (nSPS) is 21.5. The molecule has 1 atom stereocenters. The van der Waals surface area contributed by atoms with Crippen molar-refractivity contribution in [2.75, 3.05) is 44.2 Å². The van der Waals surface area contributed by atoms with Crippen LogP contribution >= 0.6 is 0 Å². The number of amides is 1. The predicted molar refractivity (Wildman–Crippen MR) is 186 cm³/mol. The van der Waals surface area contributed by atoms with Gasteiger partial charge in [0, 0.05) is 41.4 Å². The molecule has 2 aromatic rings. The molecule has 13 nitrogen and oxygen atoms in total. The summed E-state index contributed by atoms with van der Waals surface area (Å²) < 4.78 is 0. The number of rotatable bonds is 10. The van der Waals surface area contributed by atoms with Gasteiger partial charge in [-0.25, -0.2) is 9.59 Å². The first-order valence-corrected chi connectivity index (χ1v) is 17.3. The van der Waals surface area contributed by atoms with Crippen molar-refractivity contribution in [2.24, 2.45) is 11.7 Å². The molecule has 2 saturated heterocycles. The molecule has 0 bridgehead atoms. The quantitative estimate of drug-likeness (QED) is 0.187. The van der Waals surface area contributed by atoms with Crippen LogP contribution in [0.2, 0.25) is 0 Å². The van der Waals surface area contributed by atoms with Gasteiger partial charge in [-0.05, 0) is 54.7 Å². The number of aliphatic carboxylic acids is 4. The number of nitrogens with one attached hydrogen (secondary N) is 2. The Morgan fingerprint density at radius 3 is 1.63 bits per heavy atom. The van der Waals surface area contributed by atoms with Crippen LogP contribution in [0.15, 0.2) is 72.8 Å². The lowest BCUT2D eigenvalue weighted by Crippen LogP contribution is -3.26. The fraction of sp³-hybridized carbons (Fsp3) is 0.447. The van der Waals surface area contributed by atoms with Gasteiger partial charge in [0.05, 0.1) is 57.5 Å². The van der Waals surface area contributed by atoms with Gasteiger partial charge in [0.15, 0.2) is 5.54 Å². The molecule has 5 rings (SSSR count). The average molecular weight is 707 g/mol. The number of carboxylic acids is 4. The molecule has 0 aromatic heterocycles. The number of benzene rings is 2. The Bertz CT molecular complexity index is 1490. The predicted octanol–water partition coefficient (Wildman–Crippen LogP) is -1.17. The number of hydrogen-bond acceptors (Lipinski definition) is 8. The first-order chi connectivity index (χ1) is 24.1. The highest BCUT2D eigenvalue weighted by Crippen LogP contribution is 2.48. The number of hydrogen-bond donors (Lipinski definition) is 5. The van der Waals surface area contributed by atoms with E-state index in [9.17, 15) is 34.2 Å². The van der Waals surface area contributed by atoms with E-state index >= 15 is 0 Å². The zero-order chi connectivity index (χ0) is 37.8. The van der Waals surface area contributed by atoms with Crippen LogP contribution in [0, 0.1) is 5.92 Å². The number of likely N-dealkylation sites (tertiary alicyclic amines) is 2. The van der Waals surface area contributed by atoms with E-state index in [1.165, 1.54) is 46.7 Å². The number of anilines is 2. The Morgan fingerprint density at radius 2 is 1.24 bits per heavy atom. The van der Waals surface area contributed by atoms with E-state index in [0.717, 1.165) is 52.1 Å². The average Bonchev–Trinajstić information content (AvgIpc) is 3.09. The zero-order valence-electron chi connectivity index (χ0n) is 29.6. The molecule has 3 heterocycles. The maximum absolute atomic E-state index is 12.6. The van der Waals surface area contributed by atoms with E-state index in [1.54, 1.807) is 4.90 Å². The number of carboxylic acid groups (broad SMARTS) is 4. The maximum Gasteiger partial charge on any atom is 0.328 e. The van der Waals surface area contributed by atoms with Crippen LogP contribution in [0.1, 0.15) is 64.0 Å². The smallest absolute Gasteiger partial charge is 0.328 e. The van der Waals surface area contributed by atoms with E-state index in [2.05, 4.69) is 74.2 Å². The van der Waals surface area contributed by atoms with Gasteiger partial charge in [0.25, 0.3) is 5.91 Å². The Balaban J connectivity index is 0.000000366. The van der Waals surface area contributed by atoms with Gasteiger partial charge < -0.3 is 50.4 Å². The molecule has 1 amide bonds. The van der Waals surface area contributed by atoms with Gasteiger partial charge in [-0.1, -0.05) is 57.2 Å². The molecule has 0 radical (unpaired) electrons. The van der Waals surface area contributed by atoms with Crippen LogP contribution in [0.5, 0.6) is 0 Å². The number of quaternary nitrogens is 2. The molecule has 276 valence electrons. The van der Waals surface area contributed by atoms with Crippen LogP contribution in [-0.4, -0.2) is 84.8 Å². The lowest BCUT2D eigenvalue weighted by atomic mass is 9.73. The van der Waals surface area contributed by atoms with Gasteiger partial charge in [-0.15, -0.1) is 0 Å². The third-order valence-electron chi connectivity index (χ3n) is 10.0. The van der Waals surface area contributed by atoms with Gasteiger partial charge >= 0.3 is 11.9 Å². The molecule has 0 aliphatic carbocycles. The molecule has 3 aliphatic heterocycles.